The molecule has 0 saturated carbocycles. The fraction of sp³-hybridized carbons (Fsp3) is 0.588. The van der Waals surface area contributed by atoms with E-state index in [0.29, 0.717) is 18.4 Å². The fourth-order valence-electron chi connectivity index (χ4n) is 3.31. The minimum Gasteiger partial charge on any atom is -0.371 e. The van der Waals surface area contributed by atoms with Crippen LogP contribution in [0.25, 0.3) is 0 Å². The molecule has 4 heteroatoms. The Kier molecular flexibility index (Phi) is 5.62. The second-order valence-electron chi connectivity index (χ2n) is 5.91. The molecular formula is C17H27N3O. The van der Waals surface area contributed by atoms with Crippen LogP contribution in [0.2, 0.25) is 0 Å². The summed E-state index contributed by atoms with van der Waals surface area (Å²) in [7, 11) is 2.02. The number of nitrogens with two attached hydrogens (primary N) is 1. The summed E-state index contributed by atoms with van der Waals surface area (Å²) in [5, 5.41) is 3.39. The minimum atomic E-state index is -0.171. The number of amides is 1. The van der Waals surface area contributed by atoms with Crippen LogP contribution in [0.15, 0.2) is 24.3 Å². The van der Waals surface area contributed by atoms with E-state index < -0.39 is 0 Å². The van der Waals surface area contributed by atoms with E-state index in [1.807, 2.05) is 7.05 Å². The molecule has 1 atom stereocenters. The van der Waals surface area contributed by atoms with Crippen LogP contribution in [0, 0.1) is 5.92 Å². The van der Waals surface area contributed by atoms with Crippen LogP contribution in [0.4, 0.5) is 5.69 Å². The summed E-state index contributed by atoms with van der Waals surface area (Å²) >= 11 is 0. The average Bonchev–Trinajstić information content (AvgIpc) is 2.49. The maximum Gasteiger partial charge on any atom is 0.217 e. The smallest absolute Gasteiger partial charge is 0.217 e. The molecule has 3 N–H and O–H groups in total. The summed E-state index contributed by atoms with van der Waals surface area (Å²) in [6.45, 7) is 4.22. The molecule has 116 valence electrons. The van der Waals surface area contributed by atoms with Gasteiger partial charge < -0.3 is 16.0 Å². The first-order valence-corrected chi connectivity index (χ1v) is 7.95. The van der Waals surface area contributed by atoms with Crippen molar-refractivity contribution in [2.75, 3.05) is 25.0 Å². The van der Waals surface area contributed by atoms with Crippen molar-refractivity contribution in [2.45, 2.75) is 38.6 Å². The van der Waals surface area contributed by atoms with Gasteiger partial charge in [-0.3, -0.25) is 4.79 Å². The van der Waals surface area contributed by atoms with Crippen molar-refractivity contribution < 1.29 is 4.79 Å². The molecular weight excluding hydrogens is 262 g/mol. The number of rotatable bonds is 6. The van der Waals surface area contributed by atoms with Crippen molar-refractivity contribution in [3.05, 3.63) is 29.8 Å². The highest BCUT2D eigenvalue weighted by Gasteiger charge is 2.23. The number of hydrogen-bond acceptors (Lipinski definition) is 3. The lowest BCUT2D eigenvalue weighted by atomic mass is 9.92. The quantitative estimate of drug-likeness (QED) is 0.845. The first kappa shape index (κ1) is 15.8. The molecule has 1 saturated heterocycles. The molecule has 4 nitrogen and oxygen atoms in total. The molecule has 0 bridgehead atoms. The van der Waals surface area contributed by atoms with Crippen molar-refractivity contribution in [2.24, 2.45) is 11.7 Å². The molecule has 0 aliphatic carbocycles. The summed E-state index contributed by atoms with van der Waals surface area (Å²) in [6, 6.07) is 9.04. The van der Waals surface area contributed by atoms with Crippen LogP contribution < -0.4 is 16.0 Å². The Morgan fingerprint density at radius 2 is 2.05 bits per heavy atom. The Labute approximate surface area is 127 Å². The highest BCUT2D eigenvalue weighted by molar-refractivity contribution is 5.74. The summed E-state index contributed by atoms with van der Waals surface area (Å²) in [6.07, 6.45) is 3.70. The first-order chi connectivity index (χ1) is 10.2. The molecule has 1 aromatic carbocycles. The summed E-state index contributed by atoms with van der Waals surface area (Å²) < 4.78 is 0. The SMILES string of the molecule is CCC(NC)c1ccccc1N1CCC(CC(N)=O)CC1. The predicted molar refractivity (Wildman–Crippen MR) is 87.3 cm³/mol. The van der Waals surface area contributed by atoms with E-state index in [9.17, 15) is 4.79 Å². The monoisotopic (exact) mass is 289 g/mol. The van der Waals surface area contributed by atoms with Crippen LogP contribution in [-0.4, -0.2) is 26.0 Å². The van der Waals surface area contributed by atoms with Gasteiger partial charge in [-0.15, -0.1) is 0 Å². The van der Waals surface area contributed by atoms with E-state index in [1.165, 1.54) is 11.3 Å². The number of carbonyl (C=O) groups excluding carboxylic acids is 1. The van der Waals surface area contributed by atoms with E-state index in [0.717, 1.165) is 32.4 Å². The van der Waals surface area contributed by atoms with Gasteiger partial charge in [-0.05, 0) is 43.9 Å². The third kappa shape index (κ3) is 3.97. The Balaban J connectivity index is 2.08. The number of hydrogen-bond donors (Lipinski definition) is 2. The van der Waals surface area contributed by atoms with Crippen molar-refractivity contribution in [3.63, 3.8) is 0 Å². The second kappa shape index (κ2) is 7.46. The van der Waals surface area contributed by atoms with Crippen LogP contribution in [0.3, 0.4) is 0 Å². The average molecular weight is 289 g/mol. The number of para-hydroxylation sites is 1. The number of carbonyl (C=O) groups is 1. The van der Waals surface area contributed by atoms with Gasteiger partial charge in [0.1, 0.15) is 0 Å². The normalized spacial score (nSPS) is 17.7. The maximum absolute atomic E-state index is 11.0. The van der Waals surface area contributed by atoms with Crippen LogP contribution in [0.1, 0.15) is 44.2 Å². The molecule has 1 amide bonds. The van der Waals surface area contributed by atoms with Crippen molar-refractivity contribution in [1.29, 1.82) is 0 Å². The second-order valence-corrected chi connectivity index (χ2v) is 5.91. The number of nitrogens with one attached hydrogen (secondary N) is 1. The Morgan fingerprint density at radius 1 is 1.38 bits per heavy atom. The zero-order valence-electron chi connectivity index (χ0n) is 13.1. The highest BCUT2D eigenvalue weighted by Crippen LogP contribution is 2.31. The molecule has 1 unspecified atom stereocenters. The van der Waals surface area contributed by atoms with Gasteiger partial charge >= 0.3 is 0 Å². The third-order valence-corrected chi connectivity index (χ3v) is 4.51. The lowest BCUT2D eigenvalue weighted by Gasteiger charge is -2.35. The molecule has 1 heterocycles. The van der Waals surface area contributed by atoms with E-state index in [1.54, 1.807) is 0 Å². The molecule has 1 aliphatic heterocycles. The molecule has 1 aliphatic rings. The van der Waals surface area contributed by atoms with E-state index in [4.69, 9.17) is 5.73 Å². The number of benzene rings is 1. The molecule has 21 heavy (non-hydrogen) atoms. The van der Waals surface area contributed by atoms with Gasteiger partial charge in [0.15, 0.2) is 0 Å². The lowest BCUT2D eigenvalue weighted by Crippen LogP contribution is -2.36. The van der Waals surface area contributed by atoms with Gasteiger partial charge in [0, 0.05) is 31.2 Å². The van der Waals surface area contributed by atoms with E-state index >= 15 is 0 Å². The zero-order valence-corrected chi connectivity index (χ0v) is 13.1. The van der Waals surface area contributed by atoms with Gasteiger partial charge in [0.25, 0.3) is 0 Å². The molecule has 0 radical (unpaired) electrons. The topological polar surface area (TPSA) is 58.4 Å². The van der Waals surface area contributed by atoms with Crippen LogP contribution >= 0.6 is 0 Å². The largest absolute Gasteiger partial charge is 0.371 e. The molecule has 0 aromatic heterocycles. The fourth-order valence-corrected chi connectivity index (χ4v) is 3.31. The molecule has 1 fully saturated rings. The Morgan fingerprint density at radius 3 is 2.62 bits per heavy atom. The van der Waals surface area contributed by atoms with Gasteiger partial charge in [-0.25, -0.2) is 0 Å². The number of anilines is 1. The molecule has 0 spiro atoms. The molecule has 1 aromatic rings. The van der Waals surface area contributed by atoms with Gasteiger partial charge in [-0.2, -0.15) is 0 Å². The van der Waals surface area contributed by atoms with Gasteiger partial charge in [-0.1, -0.05) is 25.1 Å². The maximum atomic E-state index is 11.0. The van der Waals surface area contributed by atoms with Crippen molar-refractivity contribution in [1.82, 2.24) is 5.32 Å². The minimum absolute atomic E-state index is 0.171. The van der Waals surface area contributed by atoms with Crippen LogP contribution in [0.5, 0.6) is 0 Å². The Bertz CT molecular complexity index is 463. The lowest BCUT2D eigenvalue weighted by molar-refractivity contribution is -0.119. The number of primary amides is 1. The predicted octanol–water partition coefficient (Wildman–Crippen LogP) is 2.45. The van der Waals surface area contributed by atoms with Gasteiger partial charge in [0.2, 0.25) is 5.91 Å². The van der Waals surface area contributed by atoms with E-state index in [-0.39, 0.29) is 5.91 Å². The zero-order chi connectivity index (χ0) is 15.2. The van der Waals surface area contributed by atoms with Gasteiger partial charge in [0.05, 0.1) is 0 Å². The summed E-state index contributed by atoms with van der Waals surface area (Å²) in [4.78, 5) is 13.5. The number of nitrogens with zero attached hydrogens (tertiary/aromatic N) is 1. The van der Waals surface area contributed by atoms with Crippen LogP contribution in [-0.2, 0) is 4.79 Å². The van der Waals surface area contributed by atoms with Crippen molar-refractivity contribution >= 4 is 11.6 Å². The van der Waals surface area contributed by atoms with E-state index in [2.05, 4.69) is 41.4 Å². The summed E-state index contributed by atoms with van der Waals surface area (Å²) in [5.41, 5.74) is 8.01. The summed E-state index contributed by atoms with van der Waals surface area (Å²) in [5.74, 6) is 0.285. The highest BCUT2D eigenvalue weighted by atomic mass is 16.1. The third-order valence-electron chi connectivity index (χ3n) is 4.51. The number of piperidine rings is 1. The van der Waals surface area contributed by atoms with Crippen molar-refractivity contribution in [3.8, 4) is 0 Å². The molecule has 2 rings (SSSR count). The Hall–Kier alpha value is -1.55. The standard InChI is InChI=1S/C17H27N3O/c1-3-15(19-2)14-6-4-5-7-16(14)20-10-8-13(9-11-20)12-17(18)21/h4-7,13,15,19H,3,8-12H2,1-2H3,(H2,18,21). The first-order valence-electron chi connectivity index (χ1n) is 7.95.